The highest BCUT2D eigenvalue weighted by atomic mass is 35.5. The molecule has 160 valence electrons. The van der Waals surface area contributed by atoms with Crippen molar-refractivity contribution in [2.75, 3.05) is 4.72 Å². The van der Waals surface area contributed by atoms with Crippen LogP contribution in [0.25, 0.3) is 10.8 Å². The molecule has 0 bridgehead atoms. The number of anilines is 1. The molecule has 4 rings (SSSR count). The van der Waals surface area contributed by atoms with E-state index in [1.807, 2.05) is 31.2 Å². The van der Waals surface area contributed by atoms with Crippen LogP contribution in [0, 0.1) is 13.8 Å². The average molecular weight is 495 g/mol. The van der Waals surface area contributed by atoms with Crippen LogP contribution in [0.4, 0.5) is 5.69 Å². The molecule has 0 amide bonds. The van der Waals surface area contributed by atoms with Crippen LogP contribution in [0.1, 0.15) is 17.0 Å². The quantitative estimate of drug-likeness (QED) is 0.324. The lowest BCUT2D eigenvalue weighted by Crippen LogP contribution is -2.15. The van der Waals surface area contributed by atoms with Crippen molar-refractivity contribution in [1.29, 1.82) is 0 Å². The molecule has 0 radical (unpaired) electrons. The molecule has 1 aromatic heterocycles. The van der Waals surface area contributed by atoms with Crippen LogP contribution in [-0.4, -0.2) is 18.2 Å². The summed E-state index contributed by atoms with van der Waals surface area (Å²) in [6.45, 7) is 4.07. The van der Waals surface area contributed by atoms with E-state index in [0.717, 1.165) is 16.3 Å². The van der Waals surface area contributed by atoms with Gasteiger partial charge in [0.1, 0.15) is 4.90 Å². The van der Waals surface area contributed by atoms with Crippen LogP contribution >= 0.6 is 34.8 Å². The van der Waals surface area contributed by atoms with Gasteiger partial charge in [-0.2, -0.15) is 5.10 Å². The summed E-state index contributed by atoms with van der Waals surface area (Å²) >= 11 is 18.0. The molecule has 0 saturated heterocycles. The minimum absolute atomic E-state index is 0.0136. The molecule has 31 heavy (non-hydrogen) atoms. The summed E-state index contributed by atoms with van der Waals surface area (Å²) in [4.78, 5) is -0.149. The van der Waals surface area contributed by atoms with E-state index in [1.165, 1.54) is 12.1 Å². The highest BCUT2D eigenvalue weighted by Gasteiger charge is 2.24. The fourth-order valence-corrected chi connectivity index (χ4v) is 5.67. The normalized spacial score (nSPS) is 11.8. The van der Waals surface area contributed by atoms with Gasteiger partial charge in [0.2, 0.25) is 0 Å². The van der Waals surface area contributed by atoms with Gasteiger partial charge in [-0.3, -0.25) is 9.40 Å². The van der Waals surface area contributed by atoms with E-state index in [1.54, 1.807) is 11.6 Å². The second-order valence-electron chi connectivity index (χ2n) is 7.14. The fraction of sp³-hybridized carbons (Fsp3) is 0.136. The topological polar surface area (TPSA) is 64.0 Å². The van der Waals surface area contributed by atoms with Gasteiger partial charge in [-0.05, 0) is 42.3 Å². The van der Waals surface area contributed by atoms with Crippen LogP contribution in [-0.2, 0) is 16.6 Å². The van der Waals surface area contributed by atoms with Gasteiger partial charge in [-0.25, -0.2) is 8.42 Å². The summed E-state index contributed by atoms with van der Waals surface area (Å²) in [6, 6.07) is 16.7. The predicted molar refractivity (Wildman–Crippen MR) is 127 cm³/mol. The molecule has 3 aromatic carbocycles. The van der Waals surface area contributed by atoms with Gasteiger partial charge >= 0.3 is 0 Å². The number of benzene rings is 3. The lowest BCUT2D eigenvalue weighted by molar-refractivity contribution is 0.601. The van der Waals surface area contributed by atoms with Crippen molar-refractivity contribution in [1.82, 2.24) is 9.78 Å². The number of fused-ring (bicyclic) bond motifs is 1. The zero-order valence-electron chi connectivity index (χ0n) is 16.7. The minimum Gasteiger partial charge on any atom is -0.276 e. The Morgan fingerprint density at radius 3 is 2.39 bits per heavy atom. The molecular formula is C22H18Cl3N3O2S. The van der Waals surface area contributed by atoms with Crippen LogP contribution in [0.3, 0.4) is 0 Å². The van der Waals surface area contributed by atoms with Crippen LogP contribution in [0.2, 0.25) is 15.1 Å². The second kappa shape index (κ2) is 8.36. The third kappa shape index (κ3) is 4.26. The number of hydrogen-bond donors (Lipinski definition) is 1. The number of sulfonamides is 1. The van der Waals surface area contributed by atoms with Gasteiger partial charge in [0.15, 0.2) is 0 Å². The zero-order chi connectivity index (χ0) is 22.3. The van der Waals surface area contributed by atoms with E-state index in [2.05, 4.69) is 28.0 Å². The molecule has 0 aliphatic heterocycles. The van der Waals surface area contributed by atoms with Gasteiger partial charge < -0.3 is 0 Å². The van der Waals surface area contributed by atoms with Gasteiger partial charge in [0.25, 0.3) is 10.0 Å². The van der Waals surface area contributed by atoms with Gasteiger partial charge in [0.05, 0.1) is 38.7 Å². The number of hydrogen-bond acceptors (Lipinski definition) is 3. The predicted octanol–water partition coefficient (Wildman–Crippen LogP) is 6.46. The summed E-state index contributed by atoms with van der Waals surface area (Å²) in [5, 5.41) is 7.09. The Hall–Kier alpha value is -2.25. The van der Waals surface area contributed by atoms with Crippen molar-refractivity contribution in [3.05, 3.63) is 86.6 Å². The molecule has 0 unspecified atom stereocenters. The smallest absolute Gasteiger partial charge is 0.263 e. The first-order chi connectivity index (χ1) is 14.7. The highest BCUT2D eigenvalue weighted by molar-refractivity contribution is 7.92. The monoisotopic (exact) mass is 493 g/mol. The van der Waals surface area contributed by atoms with E-state index in [-0.39, 0.29) is 20.0 Å². The second-order valence-corrected chi connectivity index (χ2v) is 10.0. The van der Waals surface area contributed by atoms with E-state index in [0.29, 0.717) is 23.6 Å². The van der Waals surface area contributed by atoms with E-state index in [4.69, 9.17) is 34.8 Å². The average Bonchev–Trinajstić information content (AvgIpc) is 2.98. The number of nitrogens with one attached hydrogen (secondary N) is 1. The van der Waals surface area contributed by atoms with Gasteiger partial charge in [-0.1, -0.05) is 77.3 Å². The Labute approximate surface area is 195 Å². The van der Waals surface area contributed by atoms with E-state index in [9.17, 15) is 8.42 Å². The molecule has 0 fully saturated rings. The van der Waals surface area contributed by atoms with Crippen molar-refractivity contribution in [3.63, 3.8) is 0 Å². The molecule has 4 aromatic rings. The van der Waals surface area contributed by atoms with Crippen molar-refractivity contribution < 1.29 is 8.42 Å². The SMILES string of the molecule is Cc1nn(Cc2cccc3ccccc23)c(C)c1NS(=O)(=O)c1cc(Cl)c(Cl)cc1Cl. The van der Waals surface area contributed by atoms with Crippen molar-refractivity contribution >= 4 is 61.3 Å². The van der Waals surface area contributed by atoms with Crippen LogP contribution < -0.4 is 4.72 Å². The first-order valence-corrected chi connectivity index (χ1v) is 12.0. The molecule has 1 N–H and O–H groups in total. The maximum atomic E-state index is 13.0. The summed E-state index contributed by atoms with van der Waals surface area (Å²) in [5.41, 5.74) is 2.73. The van der Waals surface area contributed by atoms with Crippen molar-refractivity contribution in [2.45, 2.75) is 25.3 Å². The van der Waals surface area contributed by atoms with Crippen LogP contribution in [0.5, 0.6) is 0 Å². The van der Waals surface area contributed by atoms with E-state index < -0.39 is 10.0 Å². The van der Waals surface area contributed by atoms with Gasteiger partial charge in [0, 0.05) is 0 Å². The summed E-state index contributed by atoms with van der Waals surface area (Å²) < 4.78 is 30.4. The molecule has 1 heterocycles. The Bertz CT molecular complexity index is 1410. The summed E-state index contributed by atoms with van der Waals surface area (Å²) in [6.07, 6.45) is 0. The van der Waals surface area contributed by atoms with Gasteiger partial charge in [-0.15, -0.1) is 0 Å². The Kier molecular flexibility index (Phi) is 5.92. The Balaban J connectivity index is 1.70. The molecule has 0 aliphatic rings. The van der Waals surface area contributed by atoms with Crippen molar-refractivity contribution in [2.24, 2.45) is 0 Å². The summed E-state index contributed by atoms with van der Waals surface area (Å²) in [5.74, 6) is 0. The van der Waals surface area contributed by atoms with Crippen molar-refractivity contribution in [3.8, 4) is 0 Å². The summed E-state index contributed by atoms with van der Waals surface area (Å²) in [7, 11) is -4.00. The fourth-order valence-electron chi connectivity index (χ4n) is 3.49. The molecule has 0 saturated carbocycles. The molecular weight excluding hydrogens is 477 g/mol. The molecule has 9 heteroatoms. The maximum Gasteiger partial charge on any atom is 0.263 e. The first-order valence-electron chi connectivity index (χ1n) is 9.35. The molecule has 0 aliphatic carbocycles. The number of rotatable bonds is 5. The zero-order valence-corrected chi connectivity index (χ0v) is 19.7. The third-order valence-electron chi connectivity index (χ3n) is 5.08. The largest absolute Gasteiger partial charge is 0.276 e. The highest BCUT2D eigenvalue weighted by Crippen LogP contribution is 2.33. The maximum absolute atomic E-state index is 13.0. The number of halogens is 3. The van der Waals surface area contributed by atoms with Crippen LogP contribution in [0.15, 0.2) is 59.5 Å². The first kappa shape index (κ1) is 22.0. The lowest BCUT2D eigenvalue weighted by atomic mass is 10.0. The van der Waals surface area contributed by atoms with E-state index >= 15 is 0 Å². The lowest BCUT2D eigenvalue weighted by Gasteiger charge is -2.12. The minimum atomic E-state index is -4.00. The molecule has 5 nitrogen and oxygen atoms in total. The third-order valence-corrected chi connectivity index (χ3v) is 7.62. The molecule has 0 atom stereocenters. The Morgan fingerprint density at radius 1 is 0.935 bits per heavy atom. The standard InChI is InChI=1S/C22H18Cl3N3O2S/c1-13-22(27-31(29,30)21-11-19(24)18(23)10-20(21)25)14(2)28(26-13)12-16-8-5-7-15-6-3-4-9-17(15)16/h3-11,27H,12H2,1-2H3. The number of aromatic nitrogens is 2. The Morgan fingerprint density at radius 2 is 1.61 bits per heavy atom. The number of aryl methyl sites for hydroxylation is 1. The molecule has 0 spiro atoms. The number of nitrogens with zero attached hydrogens (tertiary/aromatic N) is 2.